The summed E-state index contributed by atoms with van der Waals surface area (Å²) in [5.41, 5.74) is 5.73. The lowest BCUT2D eigenvalue weighted by Gasteiger charge is -2.19. The van der Waals surface area contributed by atoms with Crippen molar-refractivity contribution in [1.29, 1.82) is 0 Å². The smallest absolute Gasteiger partial charge is 0.118 e. The fourth-order valence-corrected chi connectivity index (χ4v) is 2.51. The number of nitrogens with two attached hydrogens (primary N) is 1. The van der Waals surface area contributed by atoms with Crippen LogP contribution in [-0.4, -0.2) is 24.0 Å². The standard InChI is InChI=1S/C13H22N2O/c1-3-12-4-5-13(16-12)9-15-8-11(7-14)6-10(15)2/h4-5,10-11H,3,6-9,14H2,1-2H3. The second-order valence-corrected chi connectivity index (χ2v) is 4.84. The van der Waals surface area contributed by atoms with Crippen molar-refractivity contribution in [1.82, 2.24) is 4.90 Å². The summed E-state index contributed by atoms with van der Waals surface area (Å²) in [6.07, 6.45) is 2.19. The summed E-state index contributed by atoms with van der Waals surface area (Å²) in [5, 5.41) is 0. The summed E-state index contributed by atoms with van der Waals surface area (Å²) in [6, 6.07) is 4.81. The van der Waals surface area contributed by atoms with Crippen LogP contribution >= 0.6 is 0 Å². The van der Waals surface area contributed by atoms with Gasteiger partial charge < -0.3 is 10.2 Å². The maximum absolute atomic E-state index is 5.74. The minimum absolute atomic E-state index is 0.628. The van der Waals surface area contributed by atoms with Gasteiger partial charge >= 0.3 is 0 Å². The van der Waals surface area contributed by atoms with Crippen LogP contribution in [0.3, 0.4) is 0 Å². The van der Waals surface area contributed by atoms with E-state index in [9.17, 15) is 0 Å². The third kappa shape index (κ3) is 2.47. The van der Waals surface area contributed by atoms with E-state index in [2.05, 4.69) is 30.9 Å². The molecular weight excluding hydrogens is 200 g/mol. The fourth-order valence-electron chi connectivity index (χ4n) is 2.51. The monoisotopic (exact) mass is 222 g/mol. The first-order valence-electron chi connectivity index (χ1n) is 6.24. The molecule has 1 saturated heterocycles. The Labute approximate surface area is 97.6 Å². The molecule has 3 nitrogen and oxygen atoms in total. The molecule has 0 aliphatic carbocycles. The number of hydrogen-bond donors (Lipinski definition) is 1. The number of rotatable bonds is 4. The lowest BCUT2D eigenvalue weighted by molar-refractivity contribution is 0.232. The highest BCUT2D eigenvalue weighted by molar-refractivity contribution is 5.07. The van der Waals surface area contributed by atoms with Crippen LogP contribution in [0.2, 0.25) is 0 Å². The second kappa shape index (κ2) is 5.02. The zero-order valence-corrected chi connectivity index (χ0v) is 10.3. The van der Waals surface area contributed by atoms with Crippen molar-refractivity contribution < 1.29 is 4.42 Å². The number of likely N-dealkylation sites (tertiary alicyclic amines) is 1. The van der Waals surface area contributed by atoms with Gasteiger partial charge in [-0.15, -0.1) is 0 Å². The first kappa shape index (κ1) is 11.7. The average Bonchev–Trinajstić information content (AvgIpc) is 2.87. The van der Waals surface area contributed by atoms with Gasteiger partial charge in [-0.3, -0.25) is 4.90 Å². The number of aryl methyl sites for hydroxylation is 1. The Morgan fingerprint density at radius 2 is 2.19 bits per heavy atom. The molecule has 1 fully saturated rings. The van der Waals surface area contributed by atoms with E-state index in [0.717, 1.165) is 37.6 Å². The van der Waals surface area contributed by atoms with E-state index in [0.29, 0.717) is 12.0 Å². The largest absolute Gasteiger partial charge is 0.465 e. The van der Waals surface area contributed by atoms with Crippen LogP contribution in [-0.2, 0) is 13.0 Å². The van der Waals surface area contributed by atoms with Gasteiger partial charge in [0, 0.05) is 19.0 Å². The molecule has 2 rings (SSSR count). The fraction of sp³-hybridized carbons (Fsp3) is 0.692. The lowest BCUT2D eigenvalue weighted by atomic mass is 10.1. The molecule has 2 N–H and O–H groups in total. The Bertz CT molecular complexity index is 334. The van der Waals surface area contributed by atoms with Crippen LogP contribution in [0.4, 0.5) is 0 Å². The second-order valence-electron chi connectivity index (χ2n) is 4.84. The van der Waals surface area contributed by atoms with Gasteiger partial charge in [0.15, 0.2) is 0 Å². The first-order chi connectivity index (χ1) is 7.72. The first-order valence-corrected chi connectivity index (χ1v) is 6.24. The van der Waals surface area contributed by atoms with Gasteiger partial charge in [-0.05, 0) is 37.9 Å². The van der Waals surface area contributed by atoms with E-state index >= 15 is 0 Å². The van der Waals surface area contributed by atoms with Crippen molar-refractivity contribution in [3.05, 3.63) is 23.7 Å². The van der Waals surface area contributed by atoms with Gasteiger partial charge in [0.2, 0.25) is 0 Å². The van der Waals surface area contributed by atoms with E-state index in [-0.39, 0.29) is 0 Å². The van der Waals surface area contributed by atoms with Crippen molar-refractivity contribution in [3.63, 3.8) is 0 Å². The van der Waals surface area contributed by atoms with Crippen molar-refractivity contribution in [3.8, 4) is 0 Å². The Hall–Kier alpha value is -0.800. The number of nitrogens with zero attached hydrogens (tertiary/aromatic N) is 1. The maximum Gasteiger partial charge on any atom is 0.118 e. The predicted molar refractivity (Wildman–Crippen MR) is 65.1 cm³/mol. The Morgan fingerprint density at radius 1 is 1.44 bits per heavy atom. The SMILES string of the molecule is CCc1ccc(CN2CC(CN)CC2C)o1. The van der Waals surface area contributed by atoms with Gasteiger partial charge in [0.05, 0.1) is 6.54 Å². The summed E-state index contributed by atoms with van der Waals surface area (Å²) >= 11 is 0. The van der Waals surface area contributed by atoms with E-state index in [1.165, 1.54) is 6.42 Å². The molecule has 3 heteroatoms. The van der Waals surface area contributed by atoms with Crippen LogP contribution in [0.1, 0.15) is 31.8 Å². The van der Waals surface area contributed by atoms with E-state index in [1.54, 1.807) is 0 Å². The average molecular weight is 222 g/mol. The van der Waals surface area contributed by atoms with Crippen LogP contribution in [0.15, 0.2) is 16.5 Å². The topological polar surface area (TPSA) is 42.4 Å². The van der Waals surface area contributed by atoms with Crippen molar-refractivity contribution in [2.24, 2.45) is 11.7 Å². The molecule has 1 aromatic rings. The Morgan fingerprint density at radius 3 is 2.75 bits per heavy atom. The molecule has 2 atom stereocenters. The highest BCUT2D eigenvalue weighted by Gasteiger charge is 2.28. The van der Waals surface area contributed by atoms with Gasteiger partial charge in [-0.25, -0.2) is 0 Å². The lowest BCUT2D eigenvalue weighted by Crippen LogP contribution is -2.27. The van der Waals surface area contributed by atoms with Crippen LogP contribution in [0, 0.1) is 5.92 Å². The molecule has 2 unspecified atom stereocenters. The zero-order valence-electron chi connectivity index (χ0n) is 10.3. The van der Waals surface area contributed by atoms with Crippen LogP contribution in [0.25, 0.3) is 0 Å². The number of hydrogen-bond acceptors (Lipinski definition) is 3. The summed E-state index contributed by atoms with van der Waals surface area (Å²) in [7, 11) is 0. The summed E-state index contributed by atoms with van der Waals surface area (Å²) in [6.45, 7) is 7.24. The molecule has 0 bridgehead atoms. The van der Waals surface area contributed by atoms with Crippen molar-refractivity contribution in [2.45, 2.75) is 39.3 Å². The molecule has 0 amide bonds. The molecule has 0 radical (unpaired) electrons. The number of furan rings is 1. The minimum atomic E-state index is 0.628. The molecule has 0 spiro atoms. The Kier molecular flexibility index (Phi) is 3.66. The summed E-state index contributed by atoms with van der Waals surface area (Å²) < 4.78 is 5.74. The minimum Gasteiger partial charge on any atom is -0.465 e. The molecule has 2 heterocycles. The van der Waals surface area contributed by atoms with Crippen molar-refractivity contribution >= 4 is 0 Å². The highest BCUT2D eigenvalue weighted by atomic mass is 16.3. The van der Waals surface area contributed by atoms with Crippen LogP contribution in [0.5, 0.6) is 0 Å². The van der Waals surface area contributed by atoms with Crippen LogP contribution < -0.4 is 5.73 Å². The molecule has 1 aliphatic rings. The van der Waals surface area contributed by atoms with Gasteiger partial charge in [0.25, 0.3) is 0 Å². The van der Waals surface area contributed by atoms with Gasteiger partial charge in [0.1, 0.15) is 11.5 Å². The third-order valence-electron chi connectivity index (χ3n) is 3.55. The van der Waals surface area contributed by atoms with E-state index in [4.69, 9.17) is 10.2 Å². The summed E-state index contributed by atoms with van der Waals surface area (Å²) in [5.74, 6) is 2.83. The van der Waals surface area contributed by atoms with Gasteiger partial charge in [-0.2, -0.15) is 0 Å². The molecule has 1 aromatic heterocycles. The third-order valence-corrected chi connectivity index (χ3v) is 3.55. The van der Waals surface area contributed by atoms with E-state index in [1.807, 2.05) is 0 Å². The van der Waals surface area contributed by atoms with Gasteiger partial charge in [-0.1, -0.05) is 6.92 Å². The molecule has 90 valence electrons. The molecule has 0 saturated carbocycles. The quantitative estimate of drug-likeness (QED) is 0.847. The molecule has 1 aliphatic heterocycles. The normalized spacial score (nSPS) is 26.4. The van der Waals surface area contributed by atoms with Crippen molar-refractivity contribution in [2.75, 3.05) is 13.1 Å². The summed E-state index contributed by atoms with van der Waals surface area (Å²) in [4.78, 5) is 2.47. The molecule has 0 aromatic carbocycles. The highest BCUT2D eigenvalue weighted by Crippen LogP contribution is 2.24. The zero-order chi connectivity index (χ0) is 11.5. The Balaban J connectivity index is 1.94. The molecule has 16 heavy (non-hydrogen) atoms. The molecular formula is C13H22N2O. The van der Waals surface area contributed by atoms with E-state index < -0.39 is 0 Å². The predicted octanol–water partition coefficient (Wildman–Crippen LogP) is 2.01. The maximum atomic E-state index is 5.74.